The van der Waals surface area contributed by atoms with Gasteiger partial charge in [0.2, 0.25) is 5.91 Å². The lowest BCUT2D eigenvalue weighted by molar-refractivity contribution is -0.132. The van der Waals surface area contributed by atoms with Crippen molar-refractivity contribution in [3.05, 3.63) is 35.9 Å². The summed E-state index contributed by atoms with van der Waals surface area (Å²) in [5.41, 5.74) is 1.29. The molecular formula is C34H53ClN4O3. The lowest BCUT2D eigenvalue weighted by atomic mass is 9.80. The molecule has 6 rings (SSSR count). The second-order valence-electron chi connectivity index (χ2n) is 15.3. The molecule has 7 nitrogen and oxygen atoms in total. The van der Waals surface area contributed by atoms with Gasteiger partial charge in [-0.2, -0.15) is 0 Å². The van der Waals surface area contributed by atoms with E-state index >= 15 is 0 Å². The molecule has 0 N–H and O–H groups in total. The normalized spacial score (nSPS) is 33.3. The van der Waals surface area contributed by atoms with Crippen molar-refractivity contribution in [1.29, 1.82) is 0 Å². The molecule has 5 atom stereocenters. The highest BCUT2D eigenvalue weighted by Crippen LogP contribution is 2.49. The molecule has 8 heteroatoms. The molecule has 1 aromatic carbocycles. The van der Waals surface area contributed by atoms with Crippen LogP contribution in [0, 0.1) is 11.3 Å². The maximum Gasteiger partial charge on any atom is 0.320 e. The van der Waals surface area contributed by atoms with Crippen LogP contribution >= 0.6 is 12.4 Å². The topological polar surface area (TPSA) is 56.3 Å². The number of rotatable bonds is 7. The van der Waals surface area contributed by atoms with Crippen LogP contribution in [0.1, 0.15) is 91.0 Å². The van der Waals surface area contributed by atoms with Gasteiger partial charge in [-0.05, 0) is 69.3 Å². The molecule has 5 aliphatic heterocycles. The lowest BCUT2D eigenvalue weighted by Gasteiger charge is -2.50. The Morgan fingerprint density at radius 1 is 1.02 bits per heavy atom. The van der Waals surface area contributed by atoms with Crippen LogP contribution in [0.4, 0.5) is 4.79 Å². The summed E-state index contributed by atoms with van der Waals surface area (Å²) < 4.78 is 5.93. The molecule has 3 unspecified atom stereocenters. The largest absolute Gasteiger partial charge is 0.376 e. The van der Waals surface area contributed by atoms with E-state index in [2.05, 4.69) is 84.6 Å². The van der Waals surface area contributed by atoms with E-state index in [1.165, 1.54) is 18.4 Å². The highest BCUT2D eigenvalue weighted by molar-refractivity contribution is 5.85. The summed E-state index contributed by atoms with van der Waals surface area (Å²) in [5.74, 6) is 1.10. The first-order valence-electron chi connectivity index (χ1n) is 16.3. The van der Waals surface area contributed by atoms with Gasteiger partial charge in [0.1, 0.15) is 0 Å². The molecule has 3 amide bonds. The number of piperidine rings is 1. The molecule has 0 aliphatic carbocycles. The Hall–Kier alpha value is -1.83. The fraction of sp³-hybridized carbons (Fsp3) is 0.765. The van der Waals surface area contributed by atoms with Gasteiger partial charge in [0, 0.05) is 69.8 Å². The van der Waals surface area contributed by atoms with E-state index in [4.69, 9.17) is 4.74 Å². The Labute approximate surface area is 259 Å². The Morgan fingerprint density at radius 2 is 1.71 bits per heavy atom. The molecule has 5 saturated heterocycles. The van der Waals surface area contributed by atoms with Gasteiger partial charge in [-0.3, -0.25) is 9.69 Å². The summed E-state index contributed by atoms with van der Waals surface area (Å²) in [6, 6.07) is 12.3. The summed E-state index contributed by atoms with van der Waals surface area (Å²) in [5, 5.41) is 0. The van der Waals surface area contributed by atoms with Crippen molar-refractivity contribution in [2.45, 2.75) is 115 Å². The number of hydrogen-bond donors (Lipinski definition) is 0. The molecule has 0 saturated carbocycles. The number of ether oxygens (including phenoxy) is 1. The zero-order valence-corrected chi connectivity index (χ0v) is 27.3. The molecule has 2 bridgehead atoms. The first-order valence-corrected chi connectivity index (χ1v) is 16.3. The highest BCUT2D eigenvalue weighted by Gasteiger charge is 2.58. The Kier molecular flexibility index (Phi) is 9.24. The van der Waals surface area contributed by atoms with E-state index in [0.717, 1.165) is 65.0 Å². The first kappa shape index (κ1) is 31.6. The quantitative estimate of drug-likeness (QED) is 0.398. The SMILES string of the molecule is CC(C)N1C(=O)N(CC2CCCO2)CC12CC1CCC(C2)N1C[C@H]1CN(C(=O)CC(C)(C)C)C[C@@H]1c1ccccc1.Cl. The average Bonchev–Trinajstić information content (AvgIpc) is 3.67. The second kappa shape index (κ2) is 12.3. The average molecular weight is 601 g/mol. The minimum atomic E-state index is -0.0740. The number of urea groups is 1. The van der Waals surface area contributed by atoms with Gasteiger partial charge in [0.25, 0.3) is 0 Å². The molecule has 1 spiro atoms. The monoisotopic (exact) mass is 600 g/mol. The summed E-state index contributed by atoms with van der Waals surface area (Å²) in [6.45, 7) is 16.0. The van der Waals surface area contributed by atoms with Gasteiger partial charge >= 0.3 is 6.03 Å². The van der Waals surface area contributed by atoms with Gasteiger partial charge in [-0.25, -0.2) is 4.79 Å². The van der Waals surface area contributed by atoms with Crippen LogP contribution in [0.25, 0.3) is 0 Å². The van der Waals surface area contributed by atoms with Crippen molar-refractivity contribution in [2.75, 3.05) is 39.3 Å². The van der Waals surface area contributed by atoms with Gasteiger partial charge in [0.15, 0.2) is 0 Å². The maximum absolute atomic E-state index is 13.7. The number of nitrogens with zero attached hydrogens (tertiary/aromatic N) is 4. The minimum Gasteiger partial charge on any atom is -0.376 e. The third kappa shape index (κ3) is 6.21. The number of amides is 3. The number of halogens is 1. The van der Waals surface area contributed by atoms with Crippen LogP contribution in [0.2, 0.25) is 0 Å². The molecule has 42 heavy (non-hydrogen) atoms. The number of fused-ring (bicyclic) bond motifs is 2. The van der Waals surface area contributed by atoms with E-state index in [0.29, 0.717) is 36.2 Å². The van der Waals surface area contributed by atoms with Crippen molar-refractivity contribution in [3.63, 3.8) is 0 Å². The number of carbonyl (C=O) groups is 2. The Bertz CT molecular complexity index is 1090. The van der Waals surface area contributed by atoms with E-state index < -0.39 is 0 Å². The fourth-order valence-electron chi connectivity index (χ4n) is 9.01. The summed E-state index contributed by atoms with van der Waals surface area (Å²) >= 11 is 0. The van der Waals surface area contributed by atoms with Crippen molar-refractivity contribution in [3.8, 4) is 0 Å². The van der Waals surface area contributed by atoms with Gasteiger partial charge in [-0.15, -0.1) is 12.4 Å². The molecule has 0 aromatic heterocycles. The standard InChI is InChI=1S/C34H52N4O3.ClH/c1-24(2)38-32(40)36(21-29-12-9-15-41-29)23-34(38)16-27-13-14-28(17-34)37(27)20-26-19-35(31(39)18-33(3,4)5)22-30(26)25-10-7-6-8-11-25;/h6-8,10-11,24,26-30H,9,12-23H2,1-5H3;1H/t26-,27?,28?,29?,30-,34?;/m1./s1. The number of carbonyl (C=O) groups excluding carboxylic acids is 2. The van der Waals surface area contributed by atoms with Crippen molar-refractivity contribution in [2.24, 2.45) is 11.3 Å². The van der Waals surface area contributed by atoms with Gasteiger partial charge < -0.3 is 19.4 Å². The number of likely N-dealkylation sites (tertiary alicyclic amines) is 1. The fourth-order valence-corrected chi connectivity index (χ4v) is 9.01. The second-order valence-corrected chi connectivity index (χ2v) is 15.3. The number of benzene rings is 1. The molecule has 5 aliphatic rings. The van der Waals surface area contributed by atoms with E-state index in [1.54, 1.807) is 0 Å². The molecule has 5 fully saturated rings. The van der Waals surface area contributed by atoms with Crippen molar-refractivity contribution in [1.82, 2.24) is 19.6 Å². The highest BCUT2D eigenvalue weighted by atomic mass is 35.5. The first-order chi connectivity index (χ1) is 19.5. The van der Waals surface area contributed by atoms with Gasteiger partial charge in [-0.1, -0.05) is 51.1 Å². The van der Waals surface area contributed by atoms with Crippen LogP contribution in [0.3, 0.4) is 0 Å². The maximum atomic E-state index is 13.7. The molecule has 1 aromatic rings. The molecule has 0 radical (unpaired) electrons. The van der Waals surface area contributed by atoms with E-state index in [1.807, 2.05) is 0 Å². The molecular weight excluding hydrogens is 548 g/mol. The van der Waals surface area contributed by atoms with Crippen LogP contribution in [0.5, 0.6) is 0 Å². The zero-order valence-electron chi connectivity index (χ0n) is 26.5. The predicted molar refractivity (Wildman–Crippen MR) is 169 cm³/mol. The molecule has 234 valence electrons. The van der Waals surface area contributed by atoms with E-state index in [-0.39, 0.29) is 41.5 Å². The van der Waals surface area contributed by atoms with Crippen LogP contribution in [0.15, 0.2) is 30.3 Å². The summed E-state index contributed by atoms with van der Waals surface area (Å²) in [6.07, 6.45) is 7.52. The van der Waals surface area contributed by atoms with Gasteiger partial charge in [0.05, 0.1) is 11.6 Å². The zero-order chi connectivity index (χ0) is 28.9. The Balaban J connectivity index is 0.00000353. The Morgan fingerprint density at radius 3 is 2.31 bits per heavy atom. The minimum absolute atomic E-state index is 0. The third-order valence-corrected chi connectivity index (χ3v) is 10.6. The van der Waals surface area contributed by atoms with Crippen LogP contribution in [-0.4, -0.2) is 101 Å². The molecule has 5 heterocycles. The third-order valence-electron chi connectivity index (χ3n) is 10.6. The van der Waals surface area contributed by atoms with Crippen LogP contribution in [-0.2, 0) is 9.53 Å². The van der Waals surface area contributed by atoms with Crippen LogP contribution < -0.4 is 0 Å². The summed E-state index contributed by atoms with van der Waals surface area (Å²) in [4.78, 5) is 36.4. The predicted octanol–water partition coefficient (Wildman–Crippen LogP) is 5.78. The summed E-state index contributed by atoms with van der Waals surface area (Å²) in [7, 11) is 0. The van der Waals surface area contributed by atoms with Crippen molar-refractivity contribution >= 4 is 24.3 Å². The lowest BCUT2D eigenvalue weighted by Crippen LogP contribution is -2.60. The smallest absolute Gasteiger partial charge is 0.320 e. The van der Waals surface area contributed by atoms with E-state index in [9.17, 15) is 9.59 Å². The van der Waals surface area contributed by atoms with Crippen molar-refractivity contribution < 1.29 is 14.3 Å². The number of hydrogen-bond acceptors (Lipinski definition) is 4.